The Morgan fingerprint density at radius 2 is 2.21 bits per heavy atom. The zero-order chi connectivity index (χ0) is 9.97. The summed E-state index contributed by atoms with van der Waals surface area (Å²) in [6, 6.07) is 0. The van der Waals surface area contributed by atoms with Crippen LogP contribution in [0.1, 0.15) is 19.8 Å². The van der Waals surface area contributed by atoms with Crippen LogP contribution in [0.3, 0.4) is 0 Å². The van der Waals surface area contributed by atoms with Gasteiger partial charge in [-0.1, -0.05) is 30.9 Å². The van der Waals surface area contributed by atoms with Crippen LogP contribution in [0.15, 0.2) is 47.6 Å². The van der Waals surface area contributed by atoms with E-state index in [1.165, 1.54) is 17.6 Å². The summed E-state index contributed by atoms with van der Waals surface area (Å²) in [7, 11) is 0. The average molecular weight is 188 g/mol. The van der Waals surface area contributed by atoms with Crippen molar-refractivity contribution in [2.45, 2.75) is 25.9 Å². The van der Waals surface area contributed by atoms with Crippen LogP contribution in [0.2, 0.25) is 0 Å². The fourth-order valence-corrected chi connectivity index (χ4v) is 1.77. The van der Waals surface area contributed by atoms with Crippen molar-refractivity contribution in [3.8, 4) is 0 Å². The van der Waals surface area contributed by atoms with E-state index in [4.69, 9.17) is 4.74 Å². The second-order valence-corrected chi connectivity index (χ2v) is 3.88. The Hall–Kier alpha value is -1.08. The summed E-state index contributed by atoms with van der Waals surface area (Å²) in [5.41, 5.74) is 3.60. The molecule has 0 amide bonds. The fourth-order valence-electron chi connectivity index (χ4n) is 1.77. The molecule has 0 aromatic carbocycles. The molecule has 1 atom stereocenters. The van der Waals surface area contributed by atoms with E-state index >= 15 is 0 Å². The molecule has 1 heterocycles. The Kier molecular flexibility index (Phi) is 2.69. The van der Waals surface area contributed by atoms with Gasteiger partial charge in [-0.05, 0) is 36.5 Å². The summed E-state index contributed by atoms with van der Waals surface area (Å²) in [6.45, 7) is 6.97. The van der Waals surface area contributed by atoms with Gasteiger partial charge in [0.25, 0.3) is 0 Å². The molecular weight excluding hydrogens is 172 g/mol. The molecule has 0 N–H and O–H groups in total. The molecule has 0 aromatic heterocycles. The van der Waals surface area contributed by atoms with E-state index in [2.05, 4.69) is 37.8 Å². The van der Waals surface area contributed by atoms with E-state index in [0.29, 0.717) is 6.10 Å². The van der Waals surface area contributed by atoms with Crippen LogP contribution in [-0.4, -0.2) is 12.7 Å². The molecular formula is C13H16O. The first kappa shape index (κ1) is 9.47. The van der Waals surface area contributed by atoms with Crippen LogP contribution in [0.4, 0.5) is 0 Å². The first-order valence-electron chi connectivity index (χ1n) is 5.15. The SMILES string of the molecule is C=C1C=CC(C2CCCO2)=CC=C1C. The van der Waals surface area contributed by atoms with Crippen molar-refractivity contribution in [2.24, 2.45) is 0 Å². The van der Waals surface area contributed by atoms with Crippen molar-refractivity contribution >= 4 is 0 Å². The van der Waals surface area contributed by atoms with Gasteiger partial charge in [0, 0.05) is 6.61 Å². The van der Waals surface area contributed by atoms with Gasteiger partial charge in [-0.15, -0.1) is 0 Å². The average Bonchev–Trinajstić information content (AvgIpc) is 2.65. The van der Waals surface area contributed by atoms with Crippen LogP contribution in [0.5, 0.6) is 0 Å². The Bertz CT molecular complexity index is 325. The van der Waals surface area contributed by atoms with Gasteiger partial charge in [-0.25, -0.2) is 0 Å². The highest BCUT2D eigenvalue weighted by atomic mass is 16.5. The smallest absolute Gasteiger partial charge is 0.0825 e. The molecule has 1 aliphatic heterocycles. The van der Waals surface area contributed by atoms with Crippen molar-refractivity contribution in [1.29, 1.82) is 0 Å². The summed E-state index contributed by atoms with van der Waals surface area (Å²) in [6.07, 6.45) is 11.1. The fraction of sp³-hybridized carbons (Fsp3) is 0.385. The van der Waals surface area contributed by atoms with E-state index in [9.17, 15) is 0 Å². The molecule has 1 fully saturated rings. The van der Waals surface area contributed by atoms with Crippen LogP contribution in [0, 0.1) is 0 Å². The predicted molar refractivity (Wildman–Crippen MR) is 59.1 cm³/mol. The zero-order valence-corrected chi connectivity index (χ0v) is 8.62. The maximum absolute atomic E-state index is 5.64. The summed E-state index contributed by atoms with van der Waals surface area (Å²) < 4.78 is 5.64. The van der Waals surface area contributed by atoms with E-state index < -0.39 is 0 Å². The van der Waals surface area contributed by atoms with Gasteiger partial charge in [0.05, 0.1) is 6.10 Å². The summed E-state index contributed by atoms with van der Waals surface area (Å²) in [5, 5.41) is 0. The normalized spacial score (nSPS) is 27.2. The van der Waals surface area contributed by atoms with Crippen molar-refractivity contribution in [3.63, 3.8) is 0 Å². The molecule has 0 spiro atoms. The highest BCUT2D eigenvalue weighted by molar-refractivity contribution is 5.46. The van der Waals surface area contributed by atoms with Gasteiger partial charge in [-0.3, -0.25) is 0 Å². The van der Waals surface area contributed by atoms with Crippen molar-refractivity contribution in [1.82, 2.24) is 0 Å². The largest absolute Gasteiger partial charge is 0.374 e. The van der Waals surface area contributed by atoms with Gasteiger partial charge in [-0.2, -0.15) is 0 Å². The third kappa shape index (κ3) is 1.88. The quantitative estimate of drug-likeness (QED) is 0.614. The number of hydrogen-bond acceptors (Lipinski definition) is 1. The lowest BCUT2D eigenvalue weighted by atomic mass is 10.1. The van der Waals surface area contributed by atoms with Crippen molar-refractivity contribution < 1.29 is 4.74 Å². The highest BCUT2D eigenvalue weighted by Gasteiger charge is 2.18. The summed E-state index contributed by atoms with van der Waals surface area (Å²) >= 11 is 0. The molecule has 1 saturated heterocycles. The first-order chi connectivity index (χ1) is 6.77. The second kappa shape index (κ2) is 3.97. The lowest BCUT2D eigenvalue weighted by molar-refractivity contribution is 0.139. The monoisotopic (exact) mass is 188 g/mol. The minimum Gasteiger partial charge on any atom is -0.374 e. The third-order valence-corrected chi connectivity index (χ3v) is 2.81. The molecule has 0 saturated carbocycles. The van der Waals surface area contributed by atoms with Gasteiger partial charge in [0.2, 0.25) is 0 Å². The lowest BCUT2D eigenvalue weighted by Crippen LogP contribution is -2.06. The van der Waals surface area contributed by atoms with E-state index in [0.717, 1.165) is 18.6 Å². The Labute approximate surface area is 85.5 Å². The molecule has 74 valence electrons. The van der Waals surface area contributed by atoms with Crippen molar-refractivity contribution in [2.75, 3.05) is 6.61 Å². The van der Waals surface area contributed by atoms with Crippen LogP contribution < -0.4 is 0 Å². The molecule has 2 aliphatic rings. The molecule has 2 rings (SSSR count). The molecule has 0 radical (unpaired) electrons. The first-order valence-corrected chi connectivity index (χ1v) is 5.15. The minimum atomic E-state index is 0.307. The minimum absolute atomic E-state index is 0.307. The van der Waals surface area contributed by atoms with Crippen LogP contribution in [-0.2, 0) is 4.74 Å². The topological polar surface area (TPSA) is 9.23 Å². The summed E-state index contributed by atoms with van der Waals surface area (Å²) in [4.78, 5) is 0. The van der Waals surface area contributed by atoms with Gasteiger partial charge in [0.15, 0.2) is 0 Å². The standard InChI is InChI=1S/C13H16O/c1-10-5-7-12(8-6-11(10)2)13-4-3-9-14-13/h5-8,13H,1,3-4,9H2,2H3. The van der Waals surface area contributed by atoms with Crippen LogP contribution in [0.25, 0.3) is 0 Å². The maximum atomic E-state index is 5.64. The molecule has 1 heteroatoms. The Balaban J connectivity index is 2.20. The number of hydrogen-bond donors (Lipinski definition) is 0. The van der Waals surface area contributed by atoms with E-state index in [1.807, 2.05) is 0 Å². The van der Waals surface area contributed by atoms with Gasteiger partial charge in [0.1, 0.15) is 0 Å². The molecule has 14 heavy (non-hydrogen) atoms. The van der Waals surface area contributed by atoms with E-state index in [1.54, 1.807) is 0 Å². The molecule has 0 bridgehead atoms. The number of allylic oxidation sites excluding steroid dienone is 5. The van der Waals surface area contributed by atoms with E-state index in [-0.39, 0.29) is 0 Å². The Morgan fingerprint density at radius 3 is 2.93 bits per heavy atom. The molecule has 1 aliphatic carbocycles. The maximum Gasteiger partial charge on any atom is 0.0825 e. The zero-order valence-electron chi connectivity index (χ0n) is 8.62. The lowest BCUT2D eigenvalue weighted by Gasteiger charge is -2.09. The molecule has 1 nitrogen and oxygen atoms in total. The van der Waals surface area contributed by atoms with Gasteiger partial charge < -0.3 is 4.74 Å². The second-order valence-electron chi connectivity index (χ2n) is 3.88. The highest BCUT2D eigenvalue weighted by Crippen LogP contribution is 2.24. The molecule has 1 unspecified atom stereocenters. The van der Waals surface area contributed by atoms with Crippen molar-refractivity contribution in [3.05, 3.63) is 47.6 Å². The predicted octanol–water partition coefficient (Wildman–Crippen LogP) is 3.16. The Morgan fingerprint density at radius 1 is 1.36 bits per heavy atom. The number of rotatable bonds is 1. The van der Waals surface area contributed by atoms with Gasteiger partial charge >= 0.3 is 0 Å². The third-order valence-electron chi connectivity index (χ3n) is 2.81. The molecule has 0 aromatic rings. The summed E-state index contributed by atoms with van der Waals surface area (Å²) in [5.74, 6) is 0. The van der Waals surface area contributed by atoms with Crippen LogP contribution >= 0.6 is 0 Å². The number of ether oxygens (including phenoxy) is 1.